The molecule has 0 spiro atoms. The molecule has 0 bridgehead atoms. The SMILES string of the molecule is COc1c(C)cnc(CN[C@H](C)C2CCCCCC2)c1C. The Morgan fingerprint density at radius 3 is 2.52 bits per heavy atom. The van der Waals surface area contributed by atoms with E-state index in [9.17, 15) is 0 Å². The fraction of sp³-hybridized carbons (Fsp3) is 0.722. The maximum Gasteiger partial charge on any atom is 0.128 e. The van der Waals surface area contributed by atoms with Crippen LogP contribution in [0.3, 0.4) is 0 Å². The van der Waals surface area contributed by atoms with Gasteiger partial charge in [0.05, 0.1) is 12.8 Å². The minimum atomic E-state index is 0.566. The quantitative estimate of drug-likeness (QED) is 0.827. The molecule has 3 heteroatoms. The highest BCUT2D eigenvalue weighted by molar-refractivity contribution is 5.40. The predicted octanol–water partition coefficient (Wildman–Crippen LogP) is 4.16. The molecule has 0 saturated heterocycles. The molecular formula is C18H30N2O. The van der Waals surface area contributed by atoms with Crippen molar-refractivity contribution in [2.45, 2.75) is 71.9 Å². The Bertz CT molecular complexity index is 451. The predicted molar refractivity (Wildman–Crippen MR) is 87.8 cm³/mol. The number of rotatable bonds is 5. The molecule has 0 unspecified atom stereocenters. The van der Waals surface area contributed by atoms with Gasteiger partial charge in [-0.25, -0.2) is 0 Å². The molecule has 1 aromatic heterocycles. The summed E-state index contributed by atoms with van der Waals surface area (Å²) >= 11 is 0. The molecule has 3 nitrogen and oxygen atoms in total. The molecule has 1 aliphatic carbocycles. The summed E-state index contributed by atoms with van der Waals surface area (Å²) < 4.78 is 5.49. The average Bonchev–Trinajstić information content (AvgIpc) is 2.76. The average molecular weight is 290 g/mol. The standard InChI is InChI=1S/C18H30N2O/c1-13-11-20-17(14(2)18(13)21-4)12-19-15(3)16-9-7-5-6-8-10-16/h11,15-16,19H,5-10,12H2,1-4H3/t15-/m1/s1. The van der Waals surface area contributed by atoms with Crippen molar-refractivity contribution in [2.24, 2.45) is 5.92 Å². The number of hydrogen-bond donors (Lipinski definition) is 1. The summed E-state index contributed by atoms with van der Waals surface area (Å²) in [4.78, 5) is 4.58. The highest BCUT2D eigenvalue weighted by Crippen LogP contribution is 2.27. The van der Waals surface area contributed by atoms with Crippen LogP contribution in [0, 0.1) is 19.8 Å². The summed E-state index contributed by atoms with van der Waals surface area (Å²) in [5, 5.41) is 3.69. The minimum Gasteiger partial charge on any atom is -0.496 e. The molecule has 1 aromatic rings. The van der Waals surface area contributed by atoms with Crippen LogP contribution in [-0.2, 0) is 6.54 Å². The van der Waals surface area contributed by atoms with Gasteiger partial charge in [0, 0.05) is 29.9 Å². The van der Waals surface area contributed by atoms with Gasteiger partial charge >= 0.3 is 0 Å². The Balaban J connectivity index is 1.96. The van der Waals surface area contributed by atoms with Crippen LogP contribution in [0.15, 0.2) is 6.20 Å². The molecule has 21 heavy (non-hydrogen) atoms. The third kappa shape index (κ3) is 4.19. The van der Waals surface area contributed by atoms with E-state index in [1.165, 1.54) is 38.5 Å². The topological polar surface area (TPSA) is 34.1 Å². The first-order valence-electron chi connectivity index (χ1n) is 8.36. The molecule has 1 atom stereocenters. The number of hydrogen-bond acceptors (Lipinski definition) is 3. The van der Waals surface area contributed by atoms with E-state index in [-0.39, 0.29) is 0 Å². The van der Waals surface area contributed by atoms with E-state index >= 15 is 0 Å². The monoisotopic (exact) mass is 290 g/mol. The van der Waals surface area contributed by atoms with E-state index in [2.05, 4.69) is 24.1 Å². The summed E-state index contributed by atoms with van der Waals surface area (Å²) in [6.45, 7) is 7.31. The van der Waals surface area contributed by atoms with Crippen molar-refractivity contribution in [3.05, 3.63) is 23.0 Å². The first-order valence-corrected chi connectivity index (χ1v) is 8.36. The summed E-state index contributed by atoms with van der Waals surface area (Å²) in [6.07, 6.45) is 10.3. The summed E-state index contributed by atoms with van der Waals surface area (Å²) in [7, 11) is 1.74. The van der Waals surface area contributed by atoms with Gasteiger partial charge in [-0.2, -0.15) is 0 Å². The van der Waals surface area contributed by atoms with Crippen LogP contribution in [0.25, 0.3) is 0 Å². The first-order chi connectivity index (χ1) is 10.1. The first kappa shape index (κ1) is 16.3. The van der Waals surface area contributed by atoms with Crippen molar-refractivity contribution in [3.8, 4) is 5.75 Å². The van der Waals surface area contributed by atoms with Gasteiger partial charge in [-0.3, -0.25) is 4.98 Å². The highest BCUT2D eigenvalue weighted by Gasteiger charge is 2.19. The van der Waals surface area contributed by atoms with Crippen molar-refractivity contribution in [1.82, 2.24) is 10.3 Å². The van der Waals surface area contributed by atoms with Crippen molar-refractivity contribution in [2.75, 3.05) is 7.11 Å². The van der Waals surface area contributed by atoms with E-state index < -0.39 is 0 Å². The molecule has 0 aliphatic heterocycles. The molecule has 1 N–H and O–H groups in total. The molecule has 118 valence electrons. The van der Waals surface area contributed by atoms with Crippen LogP contribution >= 0.6 is 0 Å². The molecule has 1 aliphatic rings. The second-order valence-corrected chi connectivity index (χ2v) is 6.47. The number of aryl methyl sites for hydroxylation is 1. The molecule has 1 fully saturated rings. The van der Waals surface area contributed by atoms with E-state index in [0.717, 1.165) is 35.0 Å². The van der Waals surface area contributed by atoms with E-state index in [4.69, 9.17) is 4.74 Å². The largest absolute Gasteiger partial charge is 0.496 e. The number of nitrogens with zero attached hydrogens (tertiary/aromatic N) is 1. The van der Waals surface area contributed by atoms with E-state index in [1.54, 1.807) is 7.11 Å². The lowest BCUT2D eigenvalue weighted by Crippen LogP contribution is -2.33. The van der Waals surface area contributed by atoms with Gasteiger partial charge in [-0.15, -0.1) is 0 Å². The zero-order valence-corrected chi connectivity index (χ0v) is 14.0. The van der Waals surface area contributed by atoms with Crippen LogP contribution in [0.1, 0.15) is 62.3 Å². The van der Waals surface area contributed by atoms with Gasteiger partial charge in [0.15, 0.2) is 0 Å². The van der Waals surface area contributed by atoms with Crippen molar-refractivity contribution < 1.29 is 4.74 Å². The van der Waals surface area contributed by atoms with Crippen LogP contribution < -0.4 is 10.1 Å². The number of pyridine rings is 1. The second-order valence-electron chi connectivity index (χ2n) is 6.47. The van der Waals surface area contributed by atoms with Gasteiger partial charge in [0.2, 0.25) is 0 Å². The zero-order valence-electron chi connectivity index (χ0n) is 14.0. The Morgan fingerprint density at radius 1 is 1.24 bits per heavy atom. The number of ether oxygens (including phenoxy) is 1. The summed E-state index contributed by atoms with van der Waals surface area (Å²) in [5.74, 6) is 1.80. The molecule has 0 radical (unpaired) electrons. The van der Waals surface area contributed by atoms with Crippen LogP contribution in [0.5, 0.6) is 5.75 Å². The highest BCUT2D eigenvalue weighted by atomic mass is 16.5. The van der Waals surface area contributed by atoms with Crippen molar-refractivity contribution in [1.29, 1.82) is 0 Å². The zero-order chi connectivity index (χ0) is 15.2. The van der Waals surface area contributed by atoms with E-state index in [0.29, 0.717) is 6.04 Å². The fourth-order valence-corrected chi connectivity index (χ4v) is 3.48. The smallest absolute Gasteiger partial charge is 0.128 e. The van der Waals surface area contributed by atoms with Gasteiger partial charge in [-0.1, -0.05) is 25.7 Å². The lowest BCUT2D eigenvalue weighted by atomic mass is 9.93. The van der Waals surface area contributed by atoms with E-state index in [1.807, 2.05) is 13.1 Å². The number of nitrogens with one attached hydrogen (secondary N) is 1. The molecule has 1 saturated carbocycles. The van der Waals surface area contributed by atoms with Crippen molar-refractivity contribution in [3.63, 3.8) is 0 Å². The molecular weight excluding hydrogens is 260 g/mol. The number of methoxy groups -OCH3 is 1. The molecule has 0 amide bonds. The van der Waals surface area contributed by atoms with Crippen LogP contribution in [0.4, 0.5) is 0 Å². The van der Waals surface area contributed by atoms with Crippen molar-refractivity contribution >= 4 is 0 Å². The van der Waals surface area contributed by atoms with Crippen LogP contribution in [-0.4, -0.2) is 18.1 Å². The van der Waals surface area contributed by atoms with Crippen LogP contribution in [0.2, 0.25) is 0 Å². The third-order valence-electron chi connectivity index (χ3n) is 4.95. The van der Waals surface area contributed by atoms with Gasteiger partial charge in [0.1, 0.15) is 5.75 Å². The number of aromatic nitrogens is 1. The van der Waals surface area contributed by atoms with Gasteiger partial charge in [-0.05, 0) is 39.5 Å². The minimum absolute atomic E-state index is 0.566. The molecule has 2 rings (SSSR count). The Hall–Kier alpha value is -1.09. The Kier molecular flexibility index (Phi) is 6.04. The Labute approximate surface area is 129 Å². The molecule has 0 aromatic carbocycles. The molecule has 1 heterocycles. The normalized spacial score (nSPS) is 18.3. The fourth-order valence-electron chi connectivity index (χ4n) is 3.48. The van der Waals surface area contributed by atoms with Gasteiger partial charge < -0.3 is 10.1 Å². The second kappa shape index (κ2) is 7.79. The lowest BCUT2D eigenvalue weighted by molar-refractivity contribution is 0.335. The summed E-state index contributed by atoms with van der Waals surface area (Å²) in [5.41, 5.74) is 3.38. The third-order valence-corrected chi connectivity index (χ3v) is 4.95. The lowest BCUT2D eigenvalue weighted by Gasteiger charge is -2.24. The maximum atomic E-state index is 5.49. The Morgan fingerprint density at radius 2 is 1.90 bits per heavy atom. The maximum absolute atomic E-state index is 5.49. The summed E-state index contributed by atoms with van der Waals surface area (Å²) in [6, 6.07) is 0.566. The van der Waals surface area contributed by atoms with Gasteiger partial charge in [0.25, 0.3) is 0 Å².